The molecule has 0 aromatic carbocycles. The molecule has 2 aliphatic heterocycles. The molecule has 0 aromatic rings. The lowest BCUT2D eigenvalue weighted by Gasteiger charge is -2.16. The zero-order valence-corrected chi connectivity index (χ0v) is 7.36. The molecule has 4 heteroatoms. The van der Waals surface area contributed by atoms with Crippen molar-refractivity contribution in [3.63, 3.8) is 0 Å². The van der Waals surface area contributed by atoms with Gasteiger partial charge in [-0.25, -0.2) is 10.5 Å². The van der Waals surface area contributed by atoms with Crippen LogP contribution >= 0.6 is 0 Å². The van der Waals surface area contributed by atoms with Crippen molar-refractivity contribution in [2.45, 2.75) is 12.8 Å². The first-order valence-corrected chi connectivity index (χ1v) is 4.41. The Kier molecular flexibility index (Phi) is 2.33. The fraction of sp³-hybridized carbons (Fsp3) is 0.333. The van der Waals surface area contributed by atoms with Crippen LogP contribution in [0.2, 0.25) is 0 Å². The normalized spacial score (nSPS) is 19.3. The highest BCUT2D eigenvalue weighted by molar-refractivity contribution is 5.34. The fourth-order valence-electron chi connectivity index (χ4n) is 1.34. The maximum atomic E-state index is 5.44. The maximum absolute atomic E-state index is 5.44. The SMILES string of the molecule is NCCCC1=CC2=CNON2C=C1. The third kappa shape index (κ3) is 1.74. The molecule has 4 nitrogen and oxygen atoms in total. The van der Waals surface area contributed by atoms with Gasteiger partial charge >= 0.3 is 0 Å². The minimum absolute atomic E-state index is 0.739. The van der Waals surface area contributed by atoms with E-state index in [2.05, 4.69) is 11.6 Å². The van der Waals surface area contributed by atoms with Crippen molar-refractivity contribution < 1.29 is 4.94 Å². The van der Waals surface area contributed by atoms with E-state index in [0.29, 0.717) is 0 Å². The number of nitrogens with one attached hydrogen (secondary N) is 1. The van der Waals surface area contributed by atoms with Crippen LogP contribution in [-0.2, 0) is 4.94 Å². The molecule has 0 bridgehead atoms. The average Bonchev–Trinajstić information content (AvgIpc) is 2.61. The minimum atomic E-state index is 0.739. The maximum Gasteiger partial charge on any atom is 0.0897 e. The van der Waals surface area contributed by atoms with Crippen LogP contribution in [0.4, 0.5) is 0 Å². The summed E-state index contributed by atoms with van der Waals surface area (Å²) in [6.07, 6.45) is 9.91. The van der Waals surface area contributed by atoms with E-state index in [-0.39, 0.29) is 0 Å². The van der Waals surface area contributed by atoms with E-state index < -0.39 is 0 Å². The molecule has 0 amide bonds. The predicted octanol–water partition coefficient (Wildman–Crippen LogP) is 0.772. The number of allylic oxidation sites excluding steroid dienone is 3. The number of rotatable bonds is 3. The number of hydrogen-bond donors (Lipinski definition) is 2. The van der Waals surface area contributed by atoms with Gasteiger partial charge in [-0.2, -0.15) is 4.94 Å². The predicted molar refractivity (Wildman–Crippen MR) is 49.7 cm³/mol. The van der Waals surface area contributed by atoms with Gasteiger partial charge in [0, 0.05) is 6.20 Å². The molecule has 0 saturated carbocycles. The second-order valence-electron chi connectivity index (χ2n) is 3.03. The Bertz CT molecular complexity index is 281. The van der Waals surface area contributed by atoms with Crippen molar-refractivity contribution in [3.8, 4) is 0 Å². The van der Waals surface area contributed by atoms with Gasteiger partial charge in [-0.05, 0) is 37.1 Å². The van der Waals surface area contributed by atoms with Crippen molar-refractivity contribution in [1.29, 1.82) is 0 Å². The summed E-state index contributed by atoms with van der Waals surface area (Å²) in [4.78, 5) is 5.04. The van der Waals surface area contributed by atoms with Gasteiger partial charge in [-0.1, -0.05) is 0 Å². The van der Waals surface area contributed by atoms with E-state index in [1.54, 1.807) is 5.06 Å². The van der Waals surface area contributed by atoms with Crippen LogP contribution in [0.3, 0.4) is 0 Å². The first-order chi connectivity index (χ1) is 6.40. The topological polar surface area (TPSA) is 50.5 Å². The van der Waals surface area contributed by atoms with Gasteiger partial charge in [0.15, 0.2) is 0 Å². The van der Waals surface area contributed by atoms with Crippen LogP contribution in [0.5, 0.6) is 0 Å². The smallest absolute Gasteiger partial charge is 0.0897 e. The zero-order valence-electron chi connectivity index (χ0n) is 7.36. The molecule has 3 N–H and O–H groups in total. The Balaban J connectivity index is 2.02. The van der Waals surface area contributed by atoms with Crippen molar-refractivity contribution in [1.82, 2.24) is 10.5 Å². The monoisotopic (exact) mass is 179 g/mol. The molecule has 2 rings (SSSR count). The Labute approximate surface area is 77.2 Å². The summed E-state index contributed by atoms with van der Waals surface area (Å²) in [6, 6.07) is 0. The molecular formula is C9H13N3O. The Morgan fingerprint density at radius 3 is 3.31 bits per heavy atom. The van der Waals surface area contributed by atoms with Crippen LogP contribution in [0.1, 0.15) is 12.8 Å². The van der Waals surface area contributed by atoms with Crippen LogP contribution < -0.4 is 11.2 Å². The van der Waals surface area contributed by atoms with Crippen molar-refractivity contribution >= 4 is 0 Å². The highest BCUT2D eigenvalue weighted by Crippen LogP contribution is 2.21. The Hall–Kier alpha value is -1.26. The molecule has 0 fully saturated rings. The van der Waals surface area contributed by atoms with Crippen LogP contribution in [0, 0.1) is 0 Å². The largest absolute Gasteiger partial charge is 0.330 e. The molecule has 2 aliphatic rings. The summed E-state index contributed by atoms with van der Waals surface area (Å²) in [7, 11) is 0. The second kappa shape index (κ2) is 3.64. The van der Waals surface area contributed by atoms with Gasteiger partial charge in [-0.15, -0.1) is 0 Å². The van der Waals surface area contributed by atoms with E-state index in [1.165, 1.54) is 5.57 Å². The fourth-order valence-corrected chi connectivity index (χ4v) is 1.34. The van der Waals surface area contributed by atoms with Gasteiger partial charge in [0.2, 0.25) is 0 Å². The Morgan fingerprint density at radius 2 is 2.46 bits per heavy atom. The molecule has 70 valence electrons. The van der Waals surface area contributed by atoms with E-state index in [0.717, 1.165) is 25.1 Å². The quantitative estimate of drug-likeness (QED) is 0.672. The van der Waals surface area contributed by atoms with E-state index in [9.17, 15) is 0 Å². The van der Waals surface area contributed by atoms with Gasteiger partial charge < -0.3 is 5.73 Å². The highest BCUT2D eigenvalue weighted by Gasteiger charge is 2.15. The summed E-state index contributed by atoms with van der Waals surface area (Å²) >= 11 is 0. The number of hydroxylamine groups is 3. The summed E-state index contributed by atoms with van der Waals surface area (Å²) in [6.45, 7) is 0.739. The molecule has 13 heavy (non-hydrogen) atoms. The van der Waals surface area contributed by atoms with Gasteiger partial charge in [0.05, 0.1) is 11.9 Å². The molecule has 0 aliphatic carbocycles. The van der Waals surface area contributed by atoms with Gasteiger partial charge in [0.1, 0.15) is 0 Å². The standard InChI is InChI=1S/C9H13N3O/c10-4-1-2-8-3-5-12-9(6-8)7-11-13-12/h3,5-7,11H,1-2,4,10H2. The lowest BCUT2D eigenvalue weighted by molar-refractivity contribution is -0.112. The van der Waals surface area contributed by atoms with Crippen LogP contribution in [-0.4, -0.2) is 11.6 Å². The molecule has 0 radical (unpaired) electrons. The molecule has 0 spiro atoms. The Morgan fingerprint density at radius 1 is 1.54 bits per heavy atom. The van der Waals surface area contributed by atoms with Crippen molar-refractivity contribution in [2.24, 2.45) is 5.73 Å². The number of hydrogen-bond acceptors (Lipinski definition) is 4. The van der Waals surface area contributed by atoms with E-state index >= 15 is 0 Å². The molecule has 2 heterocycles. The van der Waals surface area contributed by atoms with Crippen molar-refractivity contribution in [3.05, 3.63) is 35.8 Å². The first kappa shape index (κ1) is 8.34. The lowest BCUT2D eigenvalue weighted by Crippen LogP contribution is -2.15. The van der Waals surface area contributed by atoms with Crippen LogP contribution in [0.25, 0.3) is 0 Å². The molecule has 0 atom stereocenters. The van der Waals surface area contributed by atoms with Crippen molar-refractivity contribution in [2.75, 3.05) is 6.54 Å². The summed E-state index contributed by atoms with van der Waals surface area (Å²) in [5.74, 6) is 0. The second-order valence-corrected chi connectivity index (χ2v) is 3.03. The third-order valence-corrected chi connectivity index (χ3v) is 2.04. The number of nitrogens with two attached hydrogens (primary N) is 1. The lowest BCUT2D eigenvalue weighted by atomic mass is 10.1. The summed E-state index contributed by atoms with van der Waals surface area (Å²) < 4.78 is 0. The minimum Gasteiger partial charge on any atom is -0.330 e. The van der Waals surface area contributed by atoms with Gasteiger partial charge in [0.25, 0.3) is 0 Å². The highest BCUT2D eigenvalue weighted by atomic mass is 16.8. The molecule has 0 saturated heterocycles. The van der Waals surface area contributed by atoms with E-state index in [4.69, 9.17) is 10.7 Å². The first-order valence-electron chi connectivity index (χ1n) is 4.41. The van der Waals surface area contributed by atoms with Crippen LogP contribution in [0.15, 0.2) is 35.8 Å². The number of fused-ring (bicyclic) bond motifs is 1. The third-order valence-electron chi connectivity index (χ3n) is 2.04. The average molecular weight is 179 g/mol. The molecule has 0 unspecified atom stereocenters. The zero-order chi connectivity index (χ0) is 9.10. The van der Waals surface area contributed by atoms with E-state index in [1.807, 2.05) is 18.5 Å². The van der Waals surface area contributed by atoms with Gasteiger partial charge in [-0.3, -0.25) is 0 Å². The summed E-state index contributed by atoms with van der Waals surface area (Å²) in [5, 5.41) is 1.69. The number of nitrogens with zero attached hydrogens (tertiary/aromatic N) is 1. The summed E-state index contributed by atoms with van der Waals surface area (Å²) in [5.41, 5.74) is 10.5. The molecule has 0 aromatic heterocycles. The molecular weight excluding hydrogens is 166 g/mol.